The zero-order valence-electron chi connectivity index (χ0n) is 22.7. The number of likely N-dealkylation sites (N-methyl/N-ethyl adjacent to an activating group) is 1. The third-order valence-electron chi connectivity index (χ3n) is 6.60. The van der Waals surface area contributed by atoms with E-state index < -0.39 is 34.6 Å². The second-order valence-corrected chi connectivity index (χ2v) is 10.4. The van der Waals surface area contributed by atoms with Gasteiger partial charge in [0.05, 0.1) is 22.4 Å². The maximum absolute atomic E-state index is 13.8. The van der Waals surface area contributed by atoms with E-state index in [1.165, 1.54) is 18.3 Å². The minimum atomic E-state index is -4.68. The Morgan fingerprint density at radius 3 is 2.50 bits per heavy atom. The number of rotatable bonds is 9. The lowest BCUT2D eigenvalue weighted by Gasteiger charge is -2.33. The van der Waals surface area contributed by atoms with Crippen LogP contribution in [0.15, 0.2) is 65.8 Å². The van der Waals surface area contributed by atoms with Crippen molar-refractivity contribution in [2.45, 2.75) is 45.5 Å². The molecule has 0 bridgehead atoms. The van der Waals surface area contributed by atoms with Crippen molar-refractivity contribution in [3.05, 3.63) is 88.1 Å². The third kappa shape index (κ3) is 6.64. The van der Waals surface area contributed by atoms with Crippen LogP contribution in [0.4, 0.5) is 18.9 Å². The van der Waals surface area contributed by atoms with Crippen LogP contribution in [0, 0.1) is 5.92 Å². The van der Waals surface area contributed by atoms with Gasteiger partial charge in [0, 0.05) is 36.5 Å². The van der Waals surface area contributed by atoms with E-state index >= 15 is 0 Å². The van der Waals surface area contributed by atoms with Crippen LogP contribution in [0.2, 0.25) is 5.02 Å². The second kappa shape index (κ2) is 12.4. The average molecular weight is 574 g/mol. The number of carbonyl (C=O) groups excluding carboxylic acids is 1. The Morgan fingerprint density at radius 2 is 1.82 bits per heavy atom. The highest BCUT2D eigenvalue weighted by Crippen LogP contribution is 2.50. The van der Waals surface area contributed by atoms with Crippen LogP contribution >= 0.6 is 11.6 Å². The molecular formula is C30H31ClF3N3O3. The normalized spacial score (nSPS) is 17.0. The number of esters is 1. The summed E-state index contributed by atoms with van der Waals surface area (Å²) in [5.74, 6) is -2.42. The summed E-state index contributed by atoms with van der Waals surface area (Å²) in [5.41, 5.74) is 1.50. The van der Waals surface area contributed by atoms with Crippen LogP contribution in [0.25, 0.3) is 0 Å². The molecular weight excluding hydrogens is 543 g/mol. The van der Waals surface area contributed by atoms with E-state index in [0.29, 0.717) is 30.1 Å². The topological polar surface area (TPSA) is 64.0 Å². The van der Waals surface area contributed by atoms with Crippen molar-refractivity contribution in [3.8, 4) is 5.88 Å². The highest BCUT2D eigenvalue weighted by atomic mass is 35.5. The van der Waals surface area contributed by atoms with Crippen molar-refractivity contribution in [1.82, 2.24) is 9.88 Å². The first kappa shape index (κ1) is 29.6. The summed E-state index contributed by atoms with van der Waals surface area (Å²) in [6, 6.07) is 15.2. The SMILES string of the molecule is CC1=Nc2ccnc(OC(C)C)c2C(c2cccc(C(F)(F)F)c2Cl)C1C(=O)OCCN(C)Cc1ccccc1. The Balaban J connectivity index is 1.69. The van der Waals surface area contributed by atoms with Gasteiger partial charge in [0.1, 0.15) is 12.5 Å². The molecule has 6 nitrogen and oxygen atoms in total. The van der Waals surface area contributed by atoms with Gasteiger partial charge in [-0.25, -0.2) is 4.98 Å². The Hall–Kier alpha value is -3.43. The van der Waals surface area contributed by atoms with Gasteiger partial charge in [0.15, 0.2) is 0 Å². The van der Waals surface area contributed by atoms with E-state index in [4.69, 9.17) is 21.1 Å². The molecule has 2 aromatic carbocycles. The number of pyridine rings is 1. The number of nitrogens with zero attached hydrogens (tertiary/aromatic N) is 3. The molecule has 0 N–H and O–H groups in total. The van der Waals surface area contributed by atoms with Crippen LogP contribution in [0.1, 0.15) is 48.9 Å². The predicted octanol–water partition coefficient (Wildman–Crippen LogP) is 7.07. The Bertz CT molecular complexity index is 1380. The van der Waals surface area contributed by atoms with Crippen molar-refractivity contribution in [3.63, 3.8) is 0 Å². The predicted molar refractivity (Wildman–Crippen MR) is 148 cm³/mol. The van der Waals surface area contributed by atoms with E-state index in [-0.39, 0.29) is 24.2 Å². The summed E-state index contributed by atoms with van der Waals surface area (Å²) >= 11 is 6.41. The smallest absolute Gasteiger partial charge is 0.417 e. The van der Waals surface area contributed by atoms with Gasteiger partial charge >= 0.3 is 12.1 Å². The van der Waals surface area contributed by atoms with Gasteiger partial charge in [-0.15, -0.1) is 0 Å². The Kier molecular flexibility index (Phi) is 9.15. The van der Waals surface area contributed by atoms with E-state index in [9.17, 15) is 18.0 Å². The van der Waals surface area contributed by atoms with Gasteiger partial charge in [-0.3, -0.25) is 14.7 Å². The van der Waals surface area contributed by atoms with Crippen molar-refractivity contribution in [1.29, 1.82) is 0 Å². The molecule has 2 atom stereocenters. The fourth-order valence-corrected chi connectivity index (χ4v) is 5.19. The number of aromatic nitrogens is 1. The summed E-state index contributed by atoms with van der Waals surface area (Å²) in [6.45, 7) is 6.49. The first-order valence-corrected chi connectivity index (χ1v) is 13.3. The Labute approximate surface area is 236 Å². The Morgan fingerprint density at radius 1 is 1.10 bits per heavy atom. The van der Waals surface area contributed by atoms with Crippen LogP contribution in [0.5, 0.6) is 5.88 Å². The zero-order valence-corrected chi connectivity index (χ0v) is 23.5. The molecule has 0 fully saturated rings. The van der Waals surface area contributed by atoms with E-state index in [0.717, 1.165) is 11.6 Å². The largest absolute Gasteiger partial charge is 0.475 e. The number of carbonyl (C=O) groups is 1. The number of benzene rings is 2. The molecule has 0 saturated carbocycles. The molecule has 1 aliphatic heterocycles. The second-order valence-electron chi connectivity index (χ2n) is 10.0. The minimum Gasteiger partial charge on any atom is -0.475 e. The highest BCUT2D eigenvalue weighted by Gasteiger charge is 2.44. The summed E-state index contributed by atoms with van der Waals surface area (Å²) in [5, 5.41) is -0.486. The summed E-state index contributed by atoms with van der Waals surface area (Å²) in [7, 11) is 1.91. The minimum absolute atomic E-state index is 0.0875. The lowest BCUT2D eigenvalue weighted by molar-refractivity contribution is -0.146. The molecule has 4 rings (SSSR count). The van der Waals surface area contributed by atoms with Crippen LogP contribution in [0.3, 0.4) is 0 Å². The fraction of sp³-hybridized carbons (Fsp3) is 0.367. The molecule has 1 aliphatic rings. The first-order chi connectivity index (χ1) is 19.0. The van der Waals surface area contributed by atoms with Crippen molar-refractivity contribution in [2.24, 2.45) is 10.9 Å². The zero-order chi connectivity index (χ0) is 29.0. The molecule has 212 valence electrons. The number of alkyl halides is 3. The number of ether oxygens (including phenoxy) is 2. The molecule has 0 radical (unpaired) electrons. The monoisotopic (exact) mass is 573 g/mol. The quantitative estimate of drug-likeness (QED) is 0.256. The summed E-state index contributed by atoms with van der Waals surface area (Å²) < 4.78 is 53.1. The number of fused-ring (bicyclic) bond motifs is 1. The highest BCUT2D eigenvalue weighted by molar-refractivity contribution is 6.32. The molecule has 1 aromatic heterocycles. The van der Waals surface area contributed by atoms with Crippen molar-refractivity contribution < 1.29 is 27.4 Å². The van der Waals surface area contributed by atoms with Gasteiger partial charge in [-0.1, -0.05) is 54.1 Å². The summed E-state index contributed by atoms with van der Waals surface area (Å²) in [6.07, 6.45) is -3.45. The van der Waals surface area contributed by atoms with Crippen LogP contribution < -0.4 is 4.74 Å². The van der Waals surface area contributed by atoms with E-state index in [1.807, 2.05) is 56.1 Å². The lowest BCUT2D eigenvalue weighted by Crippen LogP contribution is -2.35. The first-order valence-electron chi connectivity index (χ1n) is 12.9. The summed E-state index contributed by atoms with van der Waals surface area (Å²) in [4.78, 5) is 24.6. The maximum Gasteiger partial charge on any atom is 0.417 e. The van der Waals surface area contributed by atoms with Crippen LogP contribution in [-0.2, 0) is 22.3 Å². The van der Waals surface area contributed by atoms with Crippen molar-refractivity contribution >= 4 is 29.0 Å². The van der Waals surface area contributed by atoms with Gasteiger partial charge in [0.2, 0.25) is 5.88 Å². The fourth-order valence-electron chi connectivity index (χ4n) is 4.84. The van der Waals surface area contributed by atoms with Crippen molar-refractivity contribution in [2.75, 3.05) is 20.2 Å². The molecule has 0 saturated heterocycles. The number of aliphatic imine (C=N–C) groups is 1. The lowest BCUT2D eigenvalue weighted by atomic mass is 9.76. The molecule has 2 heterocycles. The molecule has 40 heavy (non-hydrogen) atoms. The van der Waals surface area contributed by atoms with Gasteiger partial charge in [-0.2, -0.15) is 13.2 Å². The number of hydrogen-bond acceptors (Lipinski definition) is 6. The van der Waals surface area contributed by atoms with Gasteiger partial charge in [-0.05, 0) is 51.1 Å². The molecule has 10 heteroatoms. The molecule has 0 spiro atoms. The standard InChI is InChI=1S/C30H31ClF3N3O3/c1-18(2)40-28-26-23(13-14-35-28)36-19(3)24(25(26)21-11-8-12-22(27(21)31)30(32,33)34)29(38)39-16-15-37(4)17-20-9-6-5-7-10-20/h5-14,18,24-25H,15-17H2,1-4H3. The van der Waals surface area contributed by atoms with Gasteiger partial charge < -0.3 is 9.47 Å². The number of halogens is 4. The van der Waals surface area contributed by atoms with Gasteiger partial charge in [0.25, 0.3) is 0 Å². The molecule has 0 amide bonds. The van der Waals surface area contributed by atoms with E-state index in [1.54, 1.807) is 13.0 Å². The average Bonchev–Trinajstić information content (AvgIpc) is 2.87. The third-order valence-corrected chi connectivity index (χ3v) is 7.03. The maximum atomic E-state index is 13.8. The van der Waals surface area contributed by atoms with E-state index in [2.05, 4.69) is 9.98 Å². The molecule has 2 unspecified atom stereocenters. The molecule has 3 aromatic rings. The molecule has 0 aliphatic carbocycles. The van der Waals surface area contributed by atoms with Crippen LogP contribution in [-0.4, -0.2) is 47.9 Å². The number of hydrogen-bond donors (Lipinski definition) is 0.